The van der Waals surface area contributed by atoms with Gasteiger partial charge in [0.25, 0.3) is 0 Å². The second kappa shape index (κ2) is 8.55. The quantitative estimate of drug-likeness (QED) is 0.814. The van der Waals surface area contributed by atoms with Gasteiger partial charge in [0, 0.05) is 30.9 Å². The van der Waals surface area contributed by atoms with E-state index in [1.54, 1.807) is 24.3 Å². The van der Waals surface area contributed by atoms with E-state index in [1.807, 2.05) is 0 Å². The first-order chi connectivity index (χ1) is 13.1. The summed E-state index contributed by atoms with van der Waals surface area (Å²) in [5.41, 5.74) is 0.00942. The van der Waals surface area contributed by atoms with Gasteiger partial charge >= 0.3 is 6.18 Å². The Balaban J connectivity index is 2.11. The summed E-state index contributed by atoms with van der Waals surface area (Å²) >= 11 is 0. The summed E-state index contributed by atoms with van der Waals surface area (Å²) in [6.45, 7) is 2.07. The predicted molar refractivity (Wildman–Crippen MR) is 98.8 cm³/mol. The molecule has 0 unspecified atom stereocenters. The molecule has 2 rings (SSSR count). The van der Waals surface area contributed by atoms with Crippen LogP contribution in [0.4, 0.5) is 30.2 Å². The van der Waals surface area contributed by atoms with Crippen molar-refractivity contribution >= 4 is 34.8 Å². The molecule has 0 radical (unpaired) electrons. The van der Waals surface area contributed by atoms with Crippen molar-refractivity contribution in [2.75, 3.05) is 22.1 Å². The zero-order valence-corrected chi connectivity index (χ0v) is 15.1. The van der Waals surface area contributed by atoms with E-state index >= 15 is 0 Å². The van der Waals surface area contributed by atoms with Gasteiger partial charge in [-0.3, -0.25) is 14.4 Å². The lowest BCUT2D eigenvalue weighted by atomic mass is 10.1. The Bertz CT molecular complexity index is 880. The van der Waals surface area contributed by atoms with Crippen LogP contribution in [0, 0.1) is 0 Å². The first kappa shape index (κ1) is 20.9. The number of carbonyl (C=O) groups is 3. The summed E-state index contributed by atoms with van der Waals surface area (Å²) in [7, 11) is 0. The van der Waals surface area contributed by atoms with Crippen LogP contribution in [0.15, 0.2) is 48.5 Å². The summed E-state index contributed by atoms with van der Waals surface area (Å²) in [5.74, 6) is -1.40. The number of hydrogen-bond acceptors (Lipinski definition) is 3. The van der Waals surface area contributed by atoms with Gasteiger partial charge in [-0.05, 0) is 42.5 Å². The minimum Gasteiger partial charge on any atom is -0.326 e. The highest BCUT2D eigenvalue weighted by molar-refractivity contribution is 6.02. The Morgan fingerprint density at radius 3 is 2.00 bits per heavy atom. The number of anilines is 3. The molecule has 0 bridgehead atoms. The molecule has 0 saturated heterocycles. The molecule has 0 aliphatic heterocycles. The molecular weight excluding hydrogens is 375 g/mol. The number of benzene rings is 2. The Labute approximate surface area is 159 Å². The highest BCUT2D eigenvalue weighted by Crippen LogP contribution is 2.31. The van der Waals surface area contributed by atoms with Gasteiger partial charge in [0.1, 0.15) is 6.54 Å². The number of alkyl halides is 3. The smallest absolute Gasteiger partial charge is 0.326 e. The standard InChI is InChI=1S/C19H18F3N3O3/c1-12(26)23-15-6-8-16(9-7-15)24-18(28)11-25(13(2)27)17-5-3-4-14(10-17)19(20,21)22/h3-10H,11H2,1-2H3,(H,23,26)(H,24,28). The van der Waals surface area contributed by atoms with Crippen LogP contribution in [0.5, 0.6) is 0 Å². The molecule has 148 valence electrons. The third-order valence-electron chi connectivity index (χ3n) is 3.66. The average Bonchev–Trinajstić information content (AvgIpc) is 2.60. The van der Waals surface area contributed by atoms with Gasteiger partial charge in [-0.15, -0.1) is 0 Å². The number of carbonyl (C=O) groups excluding carboxylic acids is 3. The fraction of sp³-hybridized carbons (Fsp3) is 0.211. The molecule has 0 aromatic heterocycles. The van der Waals surface area contributed by atoms with E-state index in [0.29, 0.717) is 11.4 Å². The van der Waals surface area contributed by atoms with E-state index in [-0.39, 0.29) is 11.6 Å². The Kier molecular flexibility index (Phi) is 6.40. The minimum atomic E-state index is -4.56. The summed E-state index contributed by atoms with van der Waals surface area (Å²) in [5, 5.41) is 5.13. The zero-order chi connectivity index (χ0) is 20.9. The molecule has 28 heavy (non-hydrogen) atoms. The topological polar surface area (TPSA) is 78.5 Å². The fourth-order valence-corrected chi connectivity index (χ4v) is 2.42. The first-order valence-electron chi connectivity index (χ1n) is 8.19. The number of amides is 3. The molecule has 0 aliphatic rings. The normalized spacial score (nSPS) is 10.9. The van der Waals surface area contributed by atoms with Gasteiger partial charge in [-0.25, -0.2) is 0 Å². The van der Waals surface area contributed by atoms with Crippen molar-refractivity contribution < 1.29 is 27.6 Å². The number of hydrogen-bond donors (Lipinski definition) is 2. The Hall–Kier alpha value is -3.36. The Morgan fingerprint density at radius 2 is 1.50 bits per heavy atom. The van der Waals surface area contributed by atoms with Gasteiger partial charge in [0.2, 0.25) is 17.7 Å². The third-order valence-corrected chi connectivity index (χ3v) is 3.66. The first-order valence-corrected chi connectivity index (χ1v) is 8.19. The molecule has 0 aliphatic carbocycles. The average molecular weight is 393 g/mol. The maximum Gasteiger partial charge on any atom is 0.416 e. The molecule has 9 heteroatoms. The molecule has 2 N–H and O–H groups in total. The van der Waals surface area contributed by atoms with E-state index in [1.165, 1.54) is 19.1 Å². The maximum absolute atomic E-state index is 12.9. The summed E-state index contributed by atoms with van der Waals surface area (Å²) < 4.78 is 38.7. The molecule has 2 aromatic rings. The van der Waals surface area contributed by atoms with Crippen LogP contribution in [0.25, 0.3) is 0 Å². The van der Waals surface area contributed by atoms with Crippen LogP contribution in [-0.4, -0.2) is 24.3 Å². The van der Waals surface area contributed by atoms with Gasteiger partial charge in [-0.1, -0.05) is 6.07 Å². The maximum atomic E-state index is 12.9. The third kappa shape index (κ3) is 5.83. The van der Waals surface area contributed by atoms with Crippen LogP contribution in [0.1, 0.15) is 19.4 Å². The van der Waals surface area contributed by atoms with Crippen molar-refractivity contribution in [3.05, 3.63) is 54.1 Å². The minimum absolute atomic E-state index is 0.0292. The van der Waals surface area contributed by atoms with Crippen molar-refractivity contribution in [1.29, 1.82) is 0 Å². The number of nitrogens with zero attached hydrogens (tertiary/aromatic N) is 1. The molecule has 6 nitrogen and oxygen atoms in total. The Morgan fingerprint density at radius 1 is 0.929 bits per heavy atom. The zero-order valence-electron chi connectivity index (χ0n) is 15.1. The molecule has 0 spiro atoms. The monoisotopic (exact) mass is 393 g/mol. The van der Waals surface area contributed by atoms with Crippen molar-refractivity contribution in [3.8, 4) is 0 Å². The van der Waals surface area contributed by atoms with Crippen LogP contribution in [0.2, 0.25) is 0 Å². The van der Waals surface area contributed by atoms with Gasteiger partial charge < -0.3 is 15.5 Å². The predicted octanol–water partition coefficient (Wildman–Crippen LogP) is 3.66. The molecule has 0 fully saturated rings. The van der Waals surface area contributed by atoms with Gasteiger partial charge in [0.15, 0.2) is 0 Å². The lowest BCUT2D eigenvalue weighted by molar-refractivity contribution is -0.137. The largest absolute Gasteiger partial charge is 0.416 e. The molecule has 0 atom stereocenters. The van der Waals surface area contributed by atoms with Crippen LogP contribution < -0.4 is 15.5 Å². The van der Waals surface area contributed by atoms with Crippen molar-refractivity contribution in [2.45, 2.75) is 20.0 Å². The van der Waals surface area contributed by atoms with E-state index < -0.39 is 30.1 Å². The summed E-state index contributed by atoms with van der Waals surface area (Å²) in [4.78, 5) is 36.1. The van der Waals surface area contributed by atoms with E-state index in [2.05, 4.69) is 10.6 Å². The summed E-state index contributed by atoms with van der Waals surface area (Å²) in [6.07, 6.45) is -4.56. The van der Waals surface area contributed by atoms with Crippen LogP contribution in [-0.2, 0) is 20.6 Å². The van der Waals surface area contributed by atoms with Crippen LogP contribution in [0.3, 0.4) is 0 Å². The lowest BCUT2D eigenvalue weighted by Gasteiger charge is -2.22. The highest BCUT2D eigenvalue weighted by atomic mass is 19.4. The van der Waals surface area contributed by atoms with Gasteiger partial charge in [-0.2, -0.15) is 13.2 Å². The van der Waals surface area contributed by atoms with E-state index in [0.717, 1.165) is 24.0 Å². The van der Waals surface area contributed by atoms with E-state index in [9.17, 15) is 27.6 Å². The number of nitrogens with one attached hydrogen (secondary N) is 2. The number of halogens is 3. The van der Waals surface area contributed by atoms with Crippen molar-refractivity contribution in [3.63, 3.8) is 0 Å². The van der Waals surface area contributed by atoms with Crippen LogP contribution >= 0.6 is 0 Å². The molecule has 2 aromatic carbocycles. The second-order valence-electron chi connectivity index (χ2n) is 5.96. The van der Waals surface area contributed by atoms with Crippen molar-refractivity contribution in [2.24, 2.45) is 0 Å². The fourth-order valence-electron chi connectivity index (χ4n) is 2.42. The van der Waals surface area contributed by atoms with E-state index in [4.69, 9.17) is 0 Å². The lowest BCUT2D eigenvalue weighted by Crippen LogP contribution is -2.36. The van der Waals surface area contributed by atoms with Crippen molar-refractivity contribution in [1.82, 2.24) is 0 Å². The molecule has 0 heterocycles. The molecular formula is C19H18F3N3O3. The number of rotatable bonds is 5. The molecule has 0 saturated carbocycles. The summed E-state index contributed by atoms with van der Waals surface area (Å²) in [6, 6.07) is 10.4. The molecule has 3 amide bonds. The SMILES string of the molecule is CC(=O)Nc1ccc(NC(=O)CN(C(C)=O)c2cccc(C(F)(F)F)c2)cc1. The second-order valence-corrected chi connectivity index (χ2v) is 5.96. The van der Waals surface area contributed by atoms with Gasteiger partial charge in [0.05, 0.1) is 5.56 Å². The highest BCUT2D eigenvalue weighted by Gasteiger charge is 2.31.